The van der Waals surface area contributed by atoms with Gasteiger partial charge in [-0.15, -0.1) is 0 Å². The van der Waals surface area contributed by atoms with Crippen molar-refractivity contribution in [3.63, 3.8) is 0 Å². The third-order valence-corrected chi connectivity index (χ3v) is 4.92. The zero-order chi connectivity index (χ0) is 14.5. The van der Waals surface area contributed by atoms with E-state index in [9.17, 15) is 0 Å². The zero-order valence-corrected chi connectivity index (χ0v) is 14.7. The van der Waals surface area contributed by atoms with Gasteiger partial charge in [0.05, 0.1) is 0 Å². The Kier molecular flexibility index (Phi) is 6.34. The van der Waals surface area contributed by atoms with Crippen molar-refractivity contribution < 1.29 is 0 Å². The van der Waals surface area contributed by atoms with Crippen LogP contribution in [0.5, 0.6) is 0 Å². The number of likely N-dealkylation sites (tertiary alicyclic amines) is 1. The van der Waals surface area contributed by atoms with Gasteiger partial charge in [0.25, 0.3) is 0 Å². The van der Waals surface area contributed by atoms with Crippen LogP contribution in [0.2, 0.25) is 5.02 Å². The average molecular weight is 360 g/mol. The minimum absolute atomic E-state index is 0.628. The van der Waals surface area contributed by atoms with Gasteiger partial charge < -0.3 is 5.32 Å². The van der Waals surface area contributed by atoms with Crippen molar-refractivity contribution in [1.29, 1.82) is 0 Å². The Bertz CT molecular complexity index is 430. The lowest BCUT2D eigenvalue weighted by molar-refractivity contribution is 0.186. The number of rotatable bonds is 6. The van der Waals surface area contributed by atoms with Gasteiger partial charge in [-0.05, 0) is 55.6 Å². The molecule has 112 valence electrons. The highest BCUT2D eigenvalue weighted by molar-refractivity contribution is 9.10. The molecule has 1 unspecified atom stereocenters. The normalized spacial score (nSPS) is 17.9. The molecule has 1 aromatic rings. The van der Waals surface area contributed by atoms with E-state index in [1.54, 1.807) is 0 Å². The molecule has 2 rings (SSSR count). The van der Waals surface area contributed by atoms with Gasteiger partial charge in [-0.1, -0.05) is 41.4 Å². The topological polar surface area (TPSA) is 15.3 Å². The first-order chi connectivity index (χ1) is 9.58. The SMILES string of the molecule is CC(C)C(CNCc1cc(Br)ccc1Cl)N1CCCC1. The molecule has 1 heterocycles. The standard InChI is InChI=1S/C16H24BrClN2/c1-12(2)16(20-7-3-4-8-20)11-19-10-13-9-14(17)5-6-15(13)18/h5-6,9,12,16,19H,3-4,7-8,10-11H2,1-2H3. The molecule has 1 aliphatic rings. The maximum atomic E-state index is 6.23. The molecule has 2 nitrogen and oxygen atoms in total. The van der Waals surface area contributed by atoms with Crippen LogP contribution in [0, 0.1) is 5.92 Å². The molecule has 4 heteroatoms. The average Bonchev–Trinajstić information content (AvgIpc) is 2.91. The summed E-state index contributed by atoms with van der Waals surface area (Å²) in [5.74, 6) is 0.679. The van der Waals surface area contributed by atoms with Crippen LogP contribution >= 0.6 is 27.5 Å². The van der Waals surface area contributed by atoms with Crippen molar-refractivity contribution in [2.24, 2.45) is 5.92 Å². The Morgan fingerprint density at radius 2 is 2.00 bits per heavy atom. The van der Waals surface area contributed by atoms with Crippen LogP contribution in [0.1, 0.15) is 32.3 Å². The first-order valence-corrected chi connectivity index (χ1v) is 8.63. The molecule has 0 bridgehead atoms. The summed E-state index contributed by atoms with van der Waals surface area (Å²) in [6.07, 6.45) is 2.70. The third-order valence-electron chi connectivity index (χ3n) is 4.06. The van der Waals surface area contributed by atoms with Crippen LogP contribution in [0.25, 0.3) is 0 Å². The van der Waals surface area contributed by atoms with Crippen molar-refractivity contribution in [3.05, 3.63) is 33.3 Å². The lowest BCUT2D eigenvalue weighted by Gasteiger charge is -2.31. The first-order valence-electron chi connectivity index (χ1n) is 7.46. The first kappa shape index (κ1) is 16.3. The van der Waals surface area contributed by atoms with Gasteiger partial charge >= 0.3 is 0 Å². The smallest absolute Gasteiger partial charge is 0.0451 e. The molecule has 0 amide bonds. The van der Waals surface area contributed by atoms with Gasteiger partial charge in [0.15, 0.2) is 0 Å². The number of hydrogen-bond acceptors (Lipinski definition) is 2. The second kappa shape index (κ2) is 7.79. The molecule has 1 fully saturated rings. The molecule has 0 radical (unpaired) electrons. The summed E-state index contributed by atoms with van der Waals surface area (Å²) in [5.41, 5.74) is 1.16. The van der Waals surface area contributed by atoms with E-state index in [-0.39, 0.29) is 0 Å². The van der Waals surface area contributed by atoms with Crippen LogP contribution in [-0.4, -0.2) is 30.6 Å². The van der Waals surface area contributed by atoms with Gasteiger partial charge in [-0.2, -0.15) is 0 Å². The Balaban J connectivity index is 1.88. The fourth-order valence-electron chi connectivity index (χ4n) is 2.89. The summed E-state index contributed by atoms with van der Waals surface area (Å²) in [6, 6.07) is 6.65. The van der Waals surface area contributed by atoms with Crippen molar-refractivity contribution >= 4 is 27.5 Å². The summed E-state index contributed by atoms with van der Waals surface area (Å²) in [4.78, 5) is 2.63. The van der Waals surface area contributed by atoms with Gasteiger partial charge in [0.1, 0.15) is 0 Å². The number of halogens is 2. The summed E-state index contributed by atoms with van der Waals surface area (Å²) in [6.45, 7) is 8.99. The van der Waals surface area contributed by atoms with E-state index >= 15 is 0 Å². The molecular formula is C16H24BrClN2. The maximum Gasteiger partial charge on any atom is 0.0451 e. The van der Waals surface area contributed by atoms with Gasteiger partial charge in [-0.25, -0.2) is 0 Å². The van der Waals surface area contributed by atoms with Gasteiger partial charge in [0.2, 0.25) is 0 Å². The monoisotopic (exact) mass is 358 g/mol. The highest BCUT2D eigenvalue weighted by atomic mass is 79.9. The summed E-state index contributed by atoms with van der Waals surface area (Å²) in [7, 11) is 0. The van der Waals surface area contributed by atoms with Crippen LogP contribution in [0.3, 0.4) is 0 Å². The molecule has 1 aromatic carbocycles. The number of nitrogens with one attached hydrogen (secondary N) is 1. The van der Waals surface area contributed by atoms with E-state index in [2.05, 4.69) is 46.1 Å². The zero-order valence-electron chi connectivity index (χ0n) is 12.3. The van der Waals surface area contributed by atoms with E-state index < -0.39 is 0 Å². The van der Waals surface area contributed by atoms with E-state index in [1.165, 1.54) is 25.9 Å². The highest BCUT2D eigenvalue weighted by Crippen LogP contribution is 2.21. The Morgan fingerprint density at radius 1 is 1.30 bits per heavy atom. The molecule has 0 aliphatic carbocycles. The van der Waals surface area contributed by atoms with E-state index in [4.69, 9.17) is 11.6 Å². The van der Waals surface area contributed by atoms with Crippen molar-refractivity contribution in [2.45, 2.75) is 39.3 Å². The van der Waals surface area contributed by atoms with Crippen LogP contribution in [0.4, 0.5) is 0 Å². The second-order valence-corrected chi connectivity index (χ2v) is 7.24. The number of hydrogen-bond donors (Lipinski definition) is 1. The molecule has 0 aromatic heterocycles. The number of nitrogens with zero attached hydrogens (tertiary/aromatic N) is 1. The quantitative estimate of drug-likeness (QED) is 0.814. The third kappa shape index (κ3) is 4.45. The van der Waals surface area contributed by atoms with Gasteiger partial charge in [-0.3, -0.25) is 4.90 Å². The number of benzene rings is 1. The molecule has 1 saturated heterocycles. The molecule has 20 heavy (non-hydrogen) atoms. The fourth-order valence-corrected chi connectivity index (χ4v) is 3.49. The minimum atomic E-state index is 0.628. The van der Waals surface area contributed by atoms with Gasteiger partial charge in [0, 0.05) is 28.6 Å². The van der Waals surface area contributed by atoms with Crippen LogP contribution in [-0.2, 0) is 6.54 Å². The van der Waals surface area contributed by atoms with Crippen molar-refractivity contribution in [1.82, 2.24) is 10.2 Å². The van der Waals surface area contributed by atoms with E-state index in [0.29, 0.717) is 12.0 Å². The Hall–Kier alpha value is -0.0900. The predicted molar refractivity (Wildman–Crippen MR) is 90.3 cm³/mol. The van der Waals surface area contributed by atoms with Crippen LogP contribution < -0.4 is 5.32 Å². The molecule has 1 N–H and O–H groups in total. The largest absolute Gasteiger partial charge is 0.311 e. The molecular weight excluding hydrogens is 336 g/mol. The molecule has 0 spiro atoms. The second-order valence-electron chi connectivity index (χ2n) is 5.92. The van der Waals surface area contributed by atoms with E-state index in [0.717, 1.165) is 28.1 Å². The molecule has 1 atom stereocenters. The van der Waals surface area contributed by atoms with Crippen molar-refractivity contribution in [3.8, 4) is 0 Å². The van der Waals surface area contributed by atoms with Crippen LogP contribution in [0.15, 0.2) is 22.7 Å². The molecule has 0 saturated carbocycles. The summed E-state index contributed by atoms with van der Waals surface area (Å²) in [5, 5.41) is 4.42. The Labute approximate surface area is 136 Å². The minimum Gasteiger partial charge on any atom is -0.311 e. The molecule has 1 aliphatic heterocycles. The maximum absolute atomic E-state index is 6.23. The van der Waals surface area contributed by atoms with Crippen molar-refractivity contribution in [2.75, 3.05) is 19.6 Å². The fraction of sp³-hybridized carbons (Fsp3) is 0.625. The van der Waals surface area contributed by atoms with E-state index in [1.807, 2.05) is 12.1 Å². The highest BCUT2D eigenvalue weighted by Gasteiger charge is 2.24. The predicted octanol–water partition coefficient (Wildman–Crippen LogP) is 4.31. The summed E-state index contributed by atoms with van der Waals surface area (Å²) >= 11 is 9.73. The Morgan fingerprint density at radius 3 is 2.65 bits per heavy atom. The lowest BCUT2D eigenvalue weighted by atomic mass is 10.0. The lowest BCUT2D eigenvalue weighted by Crippen LogP contribution is -2.44. The summed E-state index contributed by atoms with van der Waals surface area (Å²) < 4.78 is 1.08.